The van der Waals surface area contributed by atoms with E-state index in [1.807, 2.05) is 6.07 Å². The minimum Gasteiger partial charge on any atom is -0.354 e. The molecule has 3 heterocycles. The molecule has 30 heavy (non-hydrogen) atoms. The van der Waals surface area contributed by atoms with Crippen molar-refractivity contribution in [1.82, 2.24) is 14.9 Å². The van der Waals surface area contributed by atoms with Crippen LogP contribution in [0.5, 0.6) is 0 Å². The standard InChI is InChI=1S/C25H29N5/c1-2-28-14-16-29(17-15-28)23-18-24(27-25(26-23)21-9-4-3-5-10-21)30-13-12-20-8-6-7-11-22(20)19-30/h3-11,18H,2,12-17,19H2,1H3. The summed E-state index contributed by atoms with van der Waals surface area (Å²) < 4.78 is 0. The Labute approximate surface area is 179 Å². The van der Waals surface area contributed by atoms with Crippen LogP contribution >= 0.6 is 0 Å². The molecule has 2 aliphatic heterocycles. The summed E-state index contributed by atoms with van der Waals surface area (Å²) in [4.78, 5) is 17.3. The maximum absolute atomic E-state index is 5.00. The molecule has 0 saturated carbocycles. The molecular formula is C25H29N5. The fourth-order valence-electron chi connectivity index (χ4n) is 4.45. The van der Waals surface area contributed by atoms with Crippen molar-refractivity contribution >= 4 is 11.6 Å². The molecule has 5 nitrogen and oxygen atoms in total. The fraction of sp³-hybridized carbons (Fsp3) is 0.360. The van der Waals surface area contributed by atoms with E-state index >= 15 is 0 Å². The van der Waals surface area contributed by atoms with E-state index in [1.165, 1.54) is 11.1 Å². The Morgan fingerprint density at radius 3 is 2.13 bits per heavy atom. The van der Waals surface area contributed by atoms with Crippen molar-refractivity contribution < 1.29 is 0 Å². The van der Waals surface area contributed by atoms with Crippen molar-refractivity contribution in [3.8, 4) is 11.4 Å². The highest BCUT2D eigenvalue weighted by atomic mass is 15.3. The number of fused-ring (bicyclic) bond motifs is 1. The zero-order chi connectivity index (χ0) is 20.3. The van der Waals surface area contributed by atoms with E-state index in [0.29, 0.717) is 0 Å². The fourth-order valence-corrected chi connectivity index (χ4v) is 4.45. The first-order chi connectivity index (χ1) is 14.8. The van der Waals surface area contributed by atoms with Crippen LogP contribution in [-0.2, 0) is 13.0 Å². The van der Waals surface area contributed by atoms with Gasteiger partial charge >= 0.3 is 0 Å². The maximum Gasteiger partial charge on any atom is 0.163 e. The number of nitrogens with zero attached hydrogens (tertiary/aromatic N) is 5. The van der Waals surface area contributed by atoms with Crippen LogP contribution in [-0.4, -0.2) is 54.1 Å². The summed E-state index contributed by atoms with van der Waals surface area (Å²) in [5.41, 5.74) is 3.94. The van der Waals surface area contributed by atoms with Gasteiger partial charge in [0.05, 0.1) is 0 Å². The van der Waals surface area contributed by atoms with Crippen LogP contribution in [0.15, 0.2) is 60.7 Å². The molecule has 0 radical (unpaired) electrons. The minimum atomic E-state index is 0.819. The number of hydrogen-bond donors (Lipinski definition) is 0. The van der Waals surface area contributed by atoms with Crippen molar-refractivity contribution in [2.75, 3.05) is 49.1 Å². The molecule has 154 valence electrons. The summed E-state index contributed by atoms with van der Waals surface area (Å²) >= 11 is 0. The lowest BCUT2D eigenvalue weighted by atomic mass is 10.00. The Morgan fingerprint density at radius 1 is 0.733 bits per heavy atom. The highest BCUT2D eigenvalue weighted by Crippen LogP contribution is 2.28. The molecule has 5 heteroatoms. The first-order valence-corrected chi connectivity index (χ1v) is 11.0. The molecular weight excluding hydrogens is 370 g/mol. The number of benzene rings is 2. The summed E-state index contributed by atoms with van der Waals surface area (Å²) in [6, 6.07) is 21.3. The number of likely N-dealkylation sites (N-methyl/N-ethyl adjacent to an activating group) is 1. The molecule has 0 spiro atoms. The van der Waals surface area contributed by atoms with E-state index in [2.05, 4.69) is 76.2 Å². The Kier molecular flexibility index (Phi) is 5.37. The van der Waals surface area contributed by atoms with Crippen LogP contribution in [0.4, 0.5) is 11.6 Å². The van der Waals surface area contributed by atoms with E-state index in [0.717, 1.165) is 75.3 Å². The zero-order valence-electron chi connectivity index (χ0n) is 17.7. The third-order valence-corrected chi connectivity index (χ3v) is 6.33. The summed E-state index contributed by atoms with van der Waals surface area (Å²) in [7, 11) is 0. The molecule has 3 aromatic rings. The second kappa shape index (κ2) is 8.44. The van der Waals surface area contributed by atoms with Gasteiger partial charge in [0.2, 0.25) is 0 Å². The van der Waals surface area contributed by atoms with Gasteiger partial charge in [-0.15, -0.1) is 0 Å². The number of rotatable bonds is 4. The Morgan fingerprint density at radius 2 is 1.40 bits per heavy atom. The van der Waals surface area contributed by atoms with Crippen molar-refractivity contribution in [3.63, 3.8) is 0 Å². The third-order valence-electron chi connectivity index (χ3n) is 6.33. The van der Waals surface area contributed by atoms with E-state index in [4.69, 9.17) is 9.97 Å². The first kappa shape index (κ1) is 19.1. The average Bonchev–Trinajstić information content (AvgIpc) is 2.84. The SMILES string of the molecule is CCN1CCN(c2cc(N3CCc4ccccc4C3)nc(-c3ccccc3)n2)CC1. The quantitative estimate of drug-likeness (QED) is 0.666. The van der Waals surface area contributed by atoms with E-state index in [-0.39, 0.29) is 0 Å². The van der Waals surface area contributed by atoms with Gasteiger partial charge in [0.1, 0.15) is 11.6 Å². The molecule has 1 saturated heterocycles. The summed E-state index contributed by atoms with van der Waals surface area (Å²) in [6.07, 6.45) is 1.06. The van der Waals surface area contributed by atoms with Crippen molar-refractivity contribution in [1.29, 1.82) is 0 Å². The second-order valence-electron chi connectivity index (χ2n) is 8.14. The van der Waals surface area contributed by atoms with Crippen LogP contribution in [0.1, 0.15) is 18.1 Å². The lowest BCUT2D eigenvalue weighted by molar-refractivity contribution is 0.270. The van der Waals surface area contributed by atoms with E-state index in [1.54, 1.807) is 0 Å². The van der Waals surface area contributed by atoms with Gasteiger partial charge in [-0.2, -0.15) is 0 Å². The largest absolute Gasteiger partial charge is 0.354 e. The molecule has 1 fully saturated rings. The Hall–Kier alpha value is -2.92. The lowest BCUT2D eigenvalue weighted by Crippen LogP contribution is -2.46. The predicted molar refractivity (Wildman–Crippen MR) is 123 cm³/mol. The van der Waals surface area contributed by atoms with Crippen molar-refractivity contribution in [3.05, 3.63) is 71.8 Å². The van der Waals surface area contributed by atoms with Crippen LogP contribution in [0.2, 0.25) is 0 Å². The normalized spacial score (nSPS) is 17.1. The van der Waals surface area contributed by atoms with Crippen LogP contribution in [0, 0.1) is 0 Å². The van der Waals surface area contributed by atoms with Gasteiger partial charge in [-0.25, -0.2) is 9.97 Å². The predicted octanol–water partition coefficient (Wildman–Crippen LogP) is 3.85. The van der Waals surface area contributed by atoms with Crippen LogP contribution in [0.3, 0.4) is 0 Å². The second-order valence-corrected chi connectivity index (χ2v) is 8.14. The molecule has 0 amide bonds. The molecule has 5 rings (SSSR count). The molecule has 0 unspecified atom stereocenters. The lowest BCUT2D eigenvalue weighted by Gasteiger charge is -2.36. The van der Waals surface area contributed by atoms with E-state index in [9.17, 15) is 0 Å². The minimum absolute atomic E-state index is 0.819. The van der Waals surface area contributed by atoms with Crippen LogP contribution < -0.4 is 9.80 Å². The highest BCUT2D eigenvalue weighted by Gasteiger charge is 2.22. The molecule has 0 bridgehead atoms. The number of hydrogen-bond acceptors (Lipinski definition) is 5. The Balaban J connectivity index is 1.49. The van der Waals surface area contributed by atoms with Gasteiger partial charge in [-0.3, -0.25) is 0 Å². The maximum atomic E-state index is 5.00. The monoisotopic (exact) mass is 399 g/mol. The molecule has 0 atom stereocenters. The molecule has 1 aromatic heterocycles. The smallest absolute Gasteiger partial charge is 0.163 e. The van der Waals surface area contributed by atoms with Crippen LogP contribution in [0.25, 0.3) is 11.4 Å². The molecule has 2 aliphatic rings. The molecule has 0 aliphatic carbocycles. The van der Waals surface area contributed by atoms with Gasteiger partial charge in [-0.1, -0.05) is 61.5 Å². The van der Waals surface area contributed by atoms with Gasteiger partial charge in [0.25, 0.3) is 0 Å². The zero-order valence-corrected chi connectivity index (χ0v) is 17.7. The summed E-state index contributed by atoms with van der Waals surface area (Å²) in [5.74, 6) is 2.90. The highest BCUT2D eigenvalue weighted by molar-refractivity contribution is 5.63. The van der Waals surface area contributed by atoms with Gasteiger partial charge < -0.3 is 14.7 Å². The van der Waals surface area contributed by atoms with E-state index < -0.39 is 0 Å². The summed E-state index contributed by atoms with van der Waals surface area (Å²) in [6.45, 7) is 9.46. The number of piperazine rings is 1. The average molecular weight is 400 g/mol. The number of aromatic nitrogens is 2. The van der Waals surface area contributed by atoms with Crippen molar-refractivity contribution in [2.45, 2.75) is 19.9 Å². The summed E-state index contributed by atoms with van der Waals surface area (Å²) in [5, 5.41) is 0. The third kappa shape index (κ3) is 3.90. The molecule has 0 N–H and O–H groups in total. The van der Waals surface area contributed by atoms with Crippen molar-refractivity contribution in [2.24, 2.45) is 0 Å². The Bertz CT molecular complexity index is 995. The topological polar surface area (TPSA) is 35.5 Å². The first-order valence-electron chi connectivity index (χ1n) is 11.0. The molecule has 2 aromatic carbocycles. The van der Waals surface area contributed by atoms with Gasteiger partial charge in [-0.05, 0) is 24.1 Å². The number of anilines is 2. The van der Waals surface area contributed by atoms with Gasteiger partial charge in [0.15, 0.2) is 5.82 Å². The van der Waals surface area contributed by atoms with Gasteiger partial charge in [0, 0.05) is 50.9 Å².